The highest BCUT2D eigenvalue weighted by atomic mass is 35.5. The number of urea groups is 1. The molecule has 1 saturated heterocycles. The molecule has 2 aromatic rings. The number of sulfonamides is 1. The Morgan fingerprint density at radius 1 is 1.03 bits per heavy atom. The molecule has 0 bridgehead atoms. The van der Waals surface area contributed by atoms with Crippen LogP contribution in [0.3, 0.4) is 0 Å². The first kappa shape index (κ1) is 21.3. The quantitative estimate of drug-likeness (QED) is 0.669. The molecule has 1 aliphatic rings. The summed E-state index contributed by atoms with van der Waals surface area (Å²) in [7, 11) is -3.45. The number of nitrogens with one attached hydrogen (secondary N) is 2. The van der Waals surface area contributed by atoms with E-state index in [4.69, 9.17) is 11.6 Å². The Hall–Kier alpha value is -2.43. The third kappa shape index (κ3) is 6.28. The predicted molar refractivity (Wildman–Crippen MR) is 111 cm³/mol. The van der Waals surface area contributed by atoms with Gasteiger partial charge in [-0.05, 0) is 23.8 Å². The highest BCUT2D eigenvalue weighted by molar-refractivity contribution is 7.89. The van der Waals surface area contributed by atoms with Crippen LogP contribution in [0.15, 0.2) is 42.7 Å². The zero-order chi connectivity index (χ0) is 20.7. The van der Waals surface area contributed by atoms with E-state index in [1.807, 2.05) is 17.0 Å². The first-order valence-corrected chi connectivity index (χ1v) is 11.2. The number of halogens is 1. The van der Waals surface area contributed by atoms with Crippen LogP contribution in [-0.2, 0) is 16.6 Å². The minimum Gasteiger partial charge on any atom is -0.338 e. The molecule has 2 heterocycles. The summed E-state index contributed by atoms with van der Waals surface area (Å²) >= 11 is 5.82. The van der Waals surface area contributed by atoms with E-state index in [0.29, 0.717) is 43.7 Å². The molecule has 0 spiro atoms. The van der Waals surface area contributed by atoms with Gasteiger partial charge in [-0.3, -0.25) is 0 Å². The van der Waals surface area contributed by atoms with Gasteiger partial charge in [-0.1, -0.05) is 23.7 Å². The number of piperazine rings is 1. The molecule has 0 saturated carbocycles. The molecule has 9 nitrogen and oxygen atoms in total. The standard InChI is InChI=1S/C18H23ClN6O3S/c19-16-4-2-15(3-5-16)14-23-18(26)22-8-13-29(27,28)25-11-9-24(10-12-25)17-20-6-1-7-21-17/h1-7H,8-14H2,(H2,22,23,26). The Morgan fingerprint density at radius 3 is 2.34 bits per heavy atom. The molecule has 1 fully saturated rings. The fraction of sp³-hybridized carbons (Fsp3) is 0.389. The van der Waals surface area contributed by atoms with Gasteiger partial charge in [-0.2, -0.15) is 4.31 Å². The van der Waals surface area contributed by atoms with Gasteiger partial charge < -0.3 is 15.5 Å². The van der Waals surface area contributed by atoms with Crippen LogP contribution >= 0.6 is 11.6 Å². The molecule has 1 aromatic carbocycles. The van der Waals surface area contributed by atoms with Crippen LogP contribution in [0.4, 0.5) is 10.7 Å². The number of amides is 2. The van der Waals surface area contributed by atoms with Crippen molar-refractivity contribution in [1.82, 2.24) is 24.9 Å². The Bertz CT molecular complexity index is 903. The minimum absolute atomic E-state index is 0.0385. The number of carbonyl (C=O) groups excluding carboxylic acids is 1. The highest BCUT2D eigenvalue weighted by Crippen LogP contribution is 2.12. The summed E-state index contributed by atoms with van der Waals surface area (Å²) in [4.78, 5) is 22.2. The SMILES string of the molecule is O=C(NCCS(=O)(=O)N1CCN(c2ncccn2)CC1)NCc1ccc(Cl)cc1. The number of aromatic nitrogens is 2. The van der Waals surface area contributed by atoms with E-state index in [9.17, 15) is 13.2 Å². The third-order valence-corrected chi connectivity index (χ3v) is 6.60. The Balaban J connectivity index is 1.38. The highest BCUT2D eigenvalue weighted by Gasteiger charge is 2.27. The van der Waals surface area contributed by atoms with E-state index in [0.717, 1.165) is 5.56 Å². The molecular formula is C18H23ClN6O3S. The van der Waals surface area contributed by atoms with Gasteiger partial charge in [0.05, 0.1) is 5.75 Å². The average molecular weight is 439 g/mol. The lowest BCUT2D eigenvalue weighted by atomic mass is 10.2. The lowest BCUT2D eigenvalue weighted by Crippen LogP contribution is -2.50. The van der Waals surface area contributed by atoms with E-state index in [1.54, 1.807) is 30.6 Å². The van der Waals surface area contributed by atoms with Crippen molar-refractivity contribution in [1.29, 1.82) is 0 Å². The molecule has 2 N–H and O–H groups in total. The molecule has 0 unspecified atom stereocenters. The Morgan fingerprint density at radius 2 is 1.69 bits per heavy atom. The summed E-state index contributed by atoms with van der Waals surface area (Å²) in [6, 6.07) is 8.43. The number of nitrogens with zero attached hydrogens (tertiary/aromatic N) is 4. The number of hydrogen-bond acceptors (Lipinski definition) is 6. The summed E-state index contributed by atoms with van der Waals surface area (Å²) in [6.45, 7) is 2.15. The molecule has 29 heavy (non-hydrogen) atoms. The summed E-state index contributed by atoms with van der Waals surface area (Å²) in [5.74, 6) is 0.451. The lowest BCUT2D eigenvalue weighted by Gasteiger charge is -2.33. The van der Waals surface area contributed by atoms with Crippen molar-refractivity contribution in [2.75, 3.05) is 43.4 Å². The van der Waals surface area contributed by atoms with Gasteiger partial charge in [0.2, 0.25) is 16.0 Å². The second-order valence-electron chi connectivity index (χ2n) is 6.49. The second kappa shape index (κ2) is 9.86. The van der Waals surface area contributed by atoms with Gasteiger partial charge in [0.25, 0.3) is 0 Å². The van der Waals surface area contributed by atoms with Gasteiger partial charge in [-0.15, -0.1) is 0 Å². The Kier molecular flexibility index (Phi) is 7.24. The first-order chi connectivity index (χ1) is 13.9. The summed E-state index contributed by atoms with van der Waals surface area (Å²) in [6.07, 6.45) is 3.32. The van der Waals surface area contributed by atoms with Crippen molar-refractivity contribution in [3.63, 3.8) is 0 Å². The zero-order valence-electron chi connectivity index (χ0n) is 15.8. The van der Waals surface area contributed by atoms with Crippen molar-refractivity contribution in [3.05, 3.63) is 53.3 Å². The van der Waals surface area contributed by atoms with Crippen LogP contribution in [0.1, 0.15) is 5.56 Å². The van der Waals surface area contributed by atoms with Gasteiger partial charge in [0.15, 0.2) is 0 Å². The zero-order valence-corrected chi connectivity index (χ0v) is 17.4. The molecule has 2 amide bonds. The molecule has 11 heteroatoms. The van der Waals surface area contributed by atoms with Gasteiger partial charge >= 0.3 is 6.03 Å². The summed E-state index contributed by atoms with van der Waals surface area (Å²) in [5, 5.41) is 5.89. The van der Waals surface area contributed by atoms with Crippen molar-refractivity contribution in [3.8, 4) is 0 Å². The Labute approximate surface area is 175 Å². The first-order valence-electron chi connectivity index (χ1n) is 9.20. The third-order valence-electron chi connectivity index (χ3n) is 4.48. The molecule has 1 aromatic heterocycles. The normalized spacial score (nSPS) is 15.1. The number of hydrogen-bond donors (Lipinski definition) is 2. The summed E-state index contributed by atoms with van der Waals surface area (Å²) in [5.41, 5.74) is 0.900. The van der Waals surface area contributed by atoms with E-state index >= 15 is 0 Å². The monoisotopic (exact) mass is 438 g/mol. The van der Waals surface area contributed by atoms with Crippen LogP contribution in [-0.4, -0.2) is 67.2 Å². The van der Waals surface area contributed by atoms with Crippen molar-refractivity contribution >= 4 is 33.6 Å². The number of rotatable bonds is 7. The van der Waals surface area contributed by atoms with E-state index in [2.05, 4.69) is 20.6 Å². The van der Waals surface area contributed by atoms with E-state index < -0.39 is 16.1 Å². The smallest absolute Gasteiger partial charge is 0.315 e. The topological polar surface area (TPSA) is 108 Å². The largest absolute Gasteiger partial charge is 0.338 e. The molecule has 156 valence electrons. The molecular weight excluding hydrogens is 416 g/mol. The van der Waals surface area contributed by atoms with Crippen LogP contribution in [0.5, 0.6) is 0 Å². The van der Waals surface area contributed by atoms with Gasteiger partial charge in [-0.25, -0.2) is 23.2 Å². The van der Waals surface area contributed by atoms with E-state index in [-0.39, 0.29) is 12.3 Å². The van der Waals surface area contributed by atoms with Gasteiger partial charge in [0.1, 0.15) is 0 Å². The number of carbonyl (C=O) groups is 1. The number of anilines is 1. The maximum absolute atomic E-state index is 12.5. The molecule has 3 rings (SSSR count). The van der Waals surface area contributed by atoms with E-state index in [1.165, 1.54) is 4.31 Å². The minimum atomic E-state index is -3.45. The van der Waals surface area contributed by atoms with Crippen molar-refractivity contribution in [2.45, 2.75) is 6.54 Å². The number of benzene rings is 1. The molecule has 0 aliphatic carbocycles. The van der Waals surface area contributed by atoms with Crippen LogP contribution in [0, 0.1) is 0 Å². The van der Waals surface area contributed by atoms with Crippen LogP contribution in [0.2, 0.25) is 5.02 Å². The second-order valence-corrected chi connectivity index (χ2v) is 9.01. The van der Waals surface area contributed by atoms with Crippen molar-refractivity contribution in [2.24, 2.45) is 0 Å². The van der Waals surface area contributed by atoms with Crippen molar-refractivity contribution < 1.29 is 13.2 Å². The fourth-order valence-electron chi connectivity index (χ4n) is 2.89. The molecule has 1 aliphatic heterocycles. The average Bonchev–Trinajstić information content (AvgIpc) is 2.74. The maximum Gasteiger partial charge on any atom is 0.315 e. The van der Waals surface area contributed by atoms with Gasteiger partial charge in [0, 0.05) is 56.7 Å². The lowest BCUT2D eigenvalue weighted by molar-refractivity contribution is 0.241. The molecule has 0 radical (unpaired) electrons. The fourth-order valence-corrected chi connectivity index (χ4v) is 4.35. The van der Waals surface area contributed by atoms with Crippen LogP contribution < -0.4 is 15.5 Å². The predicted octanol–water partition coefficient (Wildman–Crippen LogP) is 1.08. The van der Waals surface area contributed by atoms with Crippen LogP contribution in [0.25, 0.3) is 0 Å². The molecule has 0 atom stereocenters. The maximum atomic E-state index is 12.5. The summed E-state index contributed by atoms with van der Waals surface area (Å²) < 4.78 is 26.5.